The van der Waals surface area contributed by atoms with Crippen molar-refractivity contribution in [3.05, 3.63) is 52.2 Å². The molecule has 2 amide bonds. The van der Waals surface area contributed by atoms with Crippen molar-refractivity contribution in [2.45, 2.75) is 26.4 Å². The molecule has 0 spiro atoms. The molecule has 2 heterocycles. The summed E-state index contributed by atoms with van der Waals surface area (Å²) in [4.78, 5) is 28.0. The molecule has 0 bridgehead atoms. The van der Waals surface area contributed by atoms with E-state index in [1.165, 1.54) is 4.90 Å². The summed E-state index contributed by atoms with van der Waals surface area (Å²) in [7, 11) is 0. The lowest BCUT2D eigenvalue weighted by molar-refractivity contribution is -0.140. The fourth-order valence-electron chi connectivity index (χ4n) is 3.23. The molecule has 0 N–H and O–H groups in total. The monoisotopic (exact) mass is 413 g/mol. The summed E-state index contributed by atoms with van der Waals surface area (Å²) in [5, 5.41) is 3.81. The van der Waals surface area contributed by atoms with E-state index >= 15 is 0 Å². The van der Waals surface area contributed by atoms with Gasteiger partial charge in [-0.15, -0.1) is 0 Å². The first-order valence-electron chi connectivity index (χ1n) is 8.93. The number of carbonyl (C=O) groups excluding carboxylic acids is 2. The van der Waals surface area contributed by atoms with Crippen molar-refractivity contribution in [1.29, 1.82) is 0 Å². The van der Waals surface area contributed by atoms with Crippen LogP contribution in [0.1, 0.15) is 32.9 Å². The summed E-state index contributed by atoms with van der Waals surface area (Å²) in [5.74, 6) is -1.63. The number of benzene rings is 1. The molecule has 0 atom stereocenters. The highest BCUT2D eigenvalue weighted by molar-refractivity contribution is 5.94. The van der Waals surface area contributed by atoms with Gasteiger partial charge in [-0.25, -0.2) is 4.39 Å². The number of piperazine rings is 1. The van der Waals surface area contributed by atoms with Crippen LogP contribution >= 0.6 is 0 Å². The number of aromatic nitrogens is 1. The molecule has 3 rings (SSSR count). The van der Waals surface area contributed by atoms with Gasteiger partial charge >= 0.3 is 6.18 Å². The predicted octanol–water partition coefficient (Wildman–Crippen LogP) is 2.98. The molecule has 2 aromatic rings. The summed E-state index contributed by atoms with van der Waals surface area (Å²) in [6.07, 6.45) is -4.76. The first-order valence-corrected chi connectivity index (χ1v) is 8.93. The number of halogens is 4. The van der Waals surface area contributed by atoms with Gasteiger partial charge in [-0.05, 0) is 32.0 Å². The van der Waals surface area contributed by atoms with E-state index < -0.39 is 23.5 Å². The summed E-state index contributed by atoms with van der Waals surface area (Å²) in [6, 6.07) is 2.19. The van der Waals surface area contributed by atoms with Crippen LogP contribution in [0.15, 0.2) is 22.7 Å². The van der Waals surface area contributed by atoms with Gasteiger partial charge in [-0.3, -0.25) is 9.59 Å². The zero-order valence-electron chi connectivity index (χ0n) is 15.8. The van der Waals surface area contributed by atoms with Crippen molar-refractivity contribution in [1.82, 2.24) is 15.0 Å². The standard InChI is InChI=1S/C19H19F4N3O3/c1-11-14(12(2)29-24-11)10-17(27)25-5-7-26(8-6-25)18(28)13-3-4-16(20)15(9-13)19(21,22)23/h3-4,9H,5-8,10H2,1-2H3. The van der Waals surface area contributed by atoms with Crippen molar-refractivity contribution in [3.63, 3.8) is 0 Å². The largest absolute Gasteiger partial charge is 0.419 e. The number of hydrogen-bond donors (Lipinski definition) is 0. The van der Waals surface area contributed by atoms with Crippen molar-refractivity contribution in [3.8, 4) is 0 Å². The van der Waals surface area contributed by atoms with Crippen molar-refractivity contribution < 1.29 is 31.7 Å². The Morgan fingerprint density at radius 2 is 1.72 bits per heavy atom. The second-order valence-corrected chi connectivity index (χ2v) is 6.84. The smallest absolute Gasteiger partial charge is 0.361 e. The summed E-state index contributed by atoms with van der Waals surface area (Å²) < 4.78 is 57.1. The van der Waals surface area contributed by atoms with Crippen LogP contribution in [0.2, 0.25) is 0 Å². The first kappa shape index (κ1) is 20.8. The van der Waals surface area contributed by atoms with Crippen molar-refractivity contribution in [2.75, 3.05) is 26.2 Å². The summed E-state index contributed by atoms with van der Waals surface area (Å²) in [6.45, 7) is 4.31. The van der Waals surface area contributed by atoms with E-state index in [0.717, 1.165) is 11.6 Å². The van der Waals surface area contributed by atoms with Gasteiger partial charge < -0.3 is 14.3 Å². The third kappa shape index (κ3) is 4.41. The Kier molecular flexibility index (Phi) is 5.63. The molecule has 0 unspecified atom stereocenters. The molecule has 10 heteroatoms. The number of alkyl halides is 3. The second-order valence-electron chi connectivity index (χ2n) is 6.84. The van der Waals surface area contributed by atoms with Crippen LogP contribution in [-0.4, -0.2) is 52.9 Å². The quantitative estimate of drug-likeness (QED) is 0.726. The molecule has 1 aliphatic rings. The van der Waals surface area contributed by atoms with Crippen molar-refractivity contribution >= 4 is 11.8 Å². The van der Waals surface area contributed by atoms with E-state index in [-0.39, 0.29) is 44.1 Å². The van der Waals surface area contributed by atoms with Crippen LogP contribution in [-0.2, 0) is 17.4 Å². The Bertz CT molecular complexity index is 912. The minimum atomic E-state index is -4.89. The van der Waals surface area contributed by atoms with Crippen LogP contribution in [0.25, 0.3) is 0 Å². The molecule has 1 aromatic carbocycles. The van der Waals surface area contributed by atoms with E-state index in [1.807, 2.05) is 0 Å². The van der Waals surface area contributed by atoms with Gasteiger partial charge in [-0.2, -0.15) is 13.2 Å². The van der Waals surface area contributed by atoms with Gasteiger partial charge in [0.1, 0.15) is 11.6 Å². The van der Waals surface area contributed by atoms with E-state index in [0.29, 0.717) is 23.6 Å². The van der Waals surface area contributed by atoms with Gasteiger partial charge in [-0.1, -0.05) is 5.16 Å². The average Bonchev–Trinajstić information content (AvgIpc) is 2.99. The van der Waals surface area contributed by atoms with Crippen LogP contribution < -0.4 is 0 Å². The zero-order valence-corrected chi connectivity index (χ0v) is 15.8. The molecular formula is C19H19F4N3O3. The second kappa shape index (κ2) is 7.84. The van der Waals surface area contributed by atoms with Crippen LogP contribution in [0, 0.1) is 19.7 Å². The molecule has 1 aromatic heterocycles. The highest BCUT2D eigenvalue weighted by Crippen LogP contribution is 2.32. The Balaban J connectivity index is 1.63. The Labute approximate surface area is 164 Å². The Morgan fingerprint density at radius 1 is 1.10 bits per heavy atom. The average molecular weight is 413 g/mol. The summed E-state index contributed by atoms with van der Waals surface area (Å²) in [5.41, 5.74) is -0.355. The van der Waals surface area contributed by atoms with E-state index in [9.17, 15) is 27.2 Å². The highest BCUT2D eigenvalue weighted by Gasteiger charge is 2.35. The fourth-order valence-corrected chi connectivity index (χ4v) is 3.23. The van der Waals surface area contributed by atoms with Gasteiger partial charge in [0.15, 0.2) is 0 Å². The number of rotatable bonds is 3. The predicted molar refractivity (Wildman–Crippen MR) is 93.6 cm³/mol. The topological polar surface area (TPSA) is 66.7 Å². The van der Waals surface area contributed by atoms with Gasteiger partial charge in [0.2, 0.25) is 5.91 Å². The fraction of sp³-hybridized carbons (Fsp3) is 0.421. The van der Waals surface area contributed by atoms with Gasteiger partial charge in [0, 0.05) is 37.3 Å². The molecule has 1 fully saturated rings. The number of amides is 2. The third-order valence-corrected chi connectivity index (χ3v) is 4.95. The molecule has 29 heavy (non-hydrogen) atoms. The lowest BCUT2D eigenvalue weighted by Crippen LogP contribution is -2.51. The van der Waals surface area contributed by atoms with E-state index in [4.69, 9.17) is 4.52 Å². The maximum Gasteiger partial charge on any atom is 0.419 e. The molecular weight excluding hydrogens is 394 g/mol. The molecule has 1 aliphatic heterocycles. The van der Waals surface area contributed by atoms with Gasteiger partial charge in [0.05, 0.1) is 17.7 Å². The number of carbonyl (C=O) groups is 2. The number of aryl methyl sites for hydroxylation is 2. The zero-order chi connectivity index (χ0) is 21.3. The number of nitrogens with zero attached hydrogens (tertiary/aromatic N) is 3. The van der Waals surface area contributed by atoms with Crippen molar-refractivity contribution in [2.24, 2.45) is 0 Å². The van der Waals surface area contributed by atoms with Crippen LogP contribution in [0.4, 0.5) is 17.6 Å². The minimum Gasteiger partial charge on any atom is -0.361 e. The maximum atomic E-state index is 13.4. The SMILES string of the molecule is Cc1noc(C)c1CC(=O)N1CCN(C(=O)c2ccc(F)c(C(F)(F)F)c2)CC1. The molecule has 6 nitrogen and oxygen atoms in total. The first-order chi connectivity index (χ1) is 13.6. The van der Waals surface area contributed by atoms with E-state index in [1.54, 1.807) is 18.7 Å². The third-order valence-electron chi connectivity index (χ3n) is 4.95. The number of hydrogen-bond acceptors (Lipinski definition) is 4. The molecule has 0 aliphatic carbocycles. The minimum absolute atomic E-state index is 0.127. The molecule has 0 saturated carbocycles. The lowest BCUT2D eigenvalue weighted by atomic mass is 10.1. The van der Waals surface area contributed by atoms with Crippen LogP contribution in [0.3, 0.4) is 0 Å². The van der Waals surface area contributed by atoms with Gasteiger partial charge in [0.25, 0.3) is 5.91 Å². The van der Waals surface area contributed by atoms with E-state index in [2.05, 4.69) is 5.16 Å². The molecule has 1 saturated heterocycles. The molecule has 156 valence electrons. The van der Waals surface area contributed by atoms with Crippen LogP contribution in [0.5, 0.6) is 0 Å². The highest BCUT2D eigenvalue weighted by atomic mass is 19.4. The maximum absolute atomic E-state index is 13.4. The molecule has 0 radical (unpaired) electrons. The Morgan fingerprint density at radius 3 is 2.28 bits per heavy atom. The Hall–Kier alpha value is -2.91. The lowest BCUT2D eigenvalue weighted by Gasteiger charge is -2.35. The summed E-state index contributed by atoms with van der Waals surface area (Å²) >= 11 is 0. The normalized spacial score (nSPS) is 15.0.